The van der Waals surface area contributed by atoms with Crippen molar-refractivity contribution in [1.29, 1.82) is 0 Å². The van der Waals surface area contributed by atoms with Crippen molar-refractivity contribution in [1.82, 2.24) is 0 Å². The molecule has 0 aliphatic carbocycles. The van der Waals surface area contributed by atoms with Crippen LogP contribution >= 0.6 is 0 Å². The second-order valence-electron chi connectivity index (χ2n) is 9.75. The molecule has 1 atom stereocenters. The maximum absolute atomic E-state index is 14.0. The number of carbonyl (C=O) groups excluding carboxylic acids is 1. The summed E-state index contributed by atoms with van der Waals surface area (Å²) in [6.07, 6.45) is 0.738. The average Bonchev–Trinajstić information content (AvgIpc) is 2.87. The van der Waals surface area contributed by atoms with Gasteiger partial charge in [0.25, 0.3) is 5.91 Å². The molecule has 0 saturated heterocycles. The molecule has 1 unspecified atom stereocenters. The number of nitrogens with zero attached hydrogens (tertiary/aromatic N) is 1. The maximum Gasteiger partial charge on any atom is 0.251 e. The molecule has 0 spiro atoms. The SMILES string of the molecule is CCCS(=O)Oc1ccc(-c2ccc3c(c2COc2cc(F)ccc2C)N(C)C(=O)C(C)(C)N3)c(OC)c1. The Bertz CT molecular complexity index is 1390. The Hall–Kier alpha value is -3.59. The van der Waals surface area contributed by atoms with Crippen LogP contribution in [0.3, 0.4) is 0 Å². The highest BCUT2D eigenvalue weighted by atomic mass is 32.2. The Morgan fingerprint density at radius 2 is 1.79 bits per heavy atom. The number of benzene rings is 3. The highest BCUT2D eigenvalue weighted by Gasteiger charge is 2.38. The molecule has 0 bridgehead atoms. The second-order valence-corrected chi connectivity index (χ2v) is 10.9. The molecule has 7 nitrogen and oxygen atoms in total. The van der Waals surface area contributed by atoms with Gasteiger partial charge in [-0.05, 0) is 62.6 Å². The number of ether oxygens (including phenoxy) is 2. The van der Waals surface area contributed by atoms with E-state index in [-0.39, 0.29) is 12.5 Å². The van der Waals surface area contributed by atoms with Gasteiger partial charge in [0.1, 0.15) is 35.2 Å². The van der Waals surface area contributed by atoms with E-state index in [0.29, 0.717) is 28.7 Å². The molecule has 3 aromatic carbocycles. The number of nitrogens with one attached hydrogen (secondary N) is 1. The molecule has 3 aromatic rings. The first kappa shape index (κ1) is 27.4. The predicted octanol–water partition coefficient (Wildman–Crippen LogP) is 6.01. The Labute approximate surface area is 225 Å². The minimum atomic E-state index is -1.44. The molecule has 0 saturated carbocycles. The molecule has 0 fully saturated rings. The Morgan fingerprint density at radius 1 is 1.05 bits per heavy atom. The van der Waals surface area contributed by atoms with Gasteiger partial charge in [0.2, 0.25) is 11.1 Å². The summed E-state index contributed by atoms with van der Waals surface area (Å²) in [6.45, 7) is 7.52. The van der Waals surface area contributed by atoms with Crippen LogP contribution in [0, 0.1) is 12.7 Å². The second kappa shape index (κ2) is 11.0. The van der Waals surface area contributed by atoms with Crippen LogP contribution in [0.15, 0.2) is 48.5 Å². The lowest BCUT2D eigenvalue weighted by Crippen LogP contribution is -2.52. The van der Waals surface area contributed by atoms with Gasteiger partial charge in [-0.1, -0.05) is 19.1 Å². The summed E-state index contributed by atoms with van der Waals surface area (Å²) in [5.74, 6) is 1.30. The number of amides is 1. The van der Waals surface area contributed by atoms with Crippen LogP contribution in [0.1, 0.15) is 38.3 Å². The Balaban J connectivity index is 1.83. The number of hydrogen-bond donors (Lipinski definition) is 1. The van der Waals surface area contributed by atoms with Crippen molar-refractivity contribution >= 4 is 28.4 Å². The molecule has 9 heteroatoms. The number of aryl methyl sites for hydroxylation is 1. The standard InChI is InChI=1S/C29H33FN2O5S/c1-7-14-38(34)37-20-10-11-22(26(16-20)35-6)21-12-13-24-27(32(5)28(33)29(3,4)31-24)23(21)17-36-25-15-19(30)9-8-18(25)2/h8-13,15-16,31H,7,14,17H2,1-6H3. The van der Waals surface area contributed by atoms with E-state index >= 15 is 0 Å². The summed E-state index contributed by atoms with van der Waals surface area (Å²) >= 11 is -1.44. The first-order chi connectivity index (χ1) is 18.1. The van der Waals surface area contributed by atoms with Crippen molar-refractivity contribution in [3.8, 4) is 28.4 Å². The van der Waals surface area contributed by atoms with E-state index in [2.05, 4.69) is 5.32 Å². The van der Waals surface area contributed by atoms with Crippen LogP contribution in [-0.4, -0.2) is 35.6 Å². The third kappa shape index (κ3) is 5.48. The fourth-order valence-electron chi connectivity index (χ4n) is 4.57. The fourth-order valence-corrected chi connectivity index (χ4v) is 5.31. The van der Waals surface area contributed by atoms with Crippen molar-refractivity contribution in [2.24, 2.45) is 0 Å². The lowest BCUT2D eigenvalue weighted by Gasteiger charge is -2.39. The zero-order chi connectivity index (χ0) is 27.6. The van der Waals surface area contributed by atoms with E-state index in [1.54, 1.807) is 37.3 Å². The third-order valence-electron chi connectivity index (χ3n) is 6.45. The lowest BCUT2D eigenvalue weighted by molar-refractivity contribution is -0.121. The highest BCUT2D eigenvalue weighted by molar-refractivity contribution is 7.80. The molecule has 0 radical (unpaired) electrons. The number of likely N-dealkylation sites (N-methyl/N-ethyl adjacent to an activating group) is 1. The van der Waals surface area contributed by atoms with Gasteiger partial charge in [-0.25, -0.2) is 8.60 Å². The monoisotopic (exact) mass is 540 g/mol. The summed E-state index contributed by atoms with van der Waals surface area (Å²) in [7, 11) is 3.29. The zero-order valence-electron chi connectivity index (χ0n) is 22.5. The molecule has 1 amide bonds. The van der Waals surface area contributed by atoms with Crippen LogP contribution < -0.4 is 23.9 Å². The number of rotatable bonds is 9. The molecule has 1 aliphatic heterocycles. The quantitative estimate of drug-likeness (QED) is 0.358. The van der Waals surface area contributed by atoms with Gasteiger partial charge in [-0.2, -0.15) is 0 Å². The van der Waals surface area contributed by atoms with Crippen molar-refractivity contribution in [3.05, 3.63) is 65.5 Å². The molecule has 1 heterocycles. The molecule has 1 aliphatic rings. The van der Waals surface area contributed by atoms with Gasteiger partial charge < -0.3 is 23.9 Å². The first-order valence-electron chi connectivity index (χ1n) is 12.4. The largest absolute Gasteiger partial charge is 0.496 e. The van der Waals surface area contributed by atoms with E-state index in [4.69, 9.17) is 13.7 Å². The van der Waals surface area contributed by atoms with E-state index in [1.165, 1.54) is 12.1 Å². The summed E-state index contributed by atoms with van der Waals surface area (Å²) in [4.78, 5) is 14.8. The van der Waals surface area contributed by atoms with Crippen LogP contribution in [0.4, 0.5) is 15.8 Å². The van der Waals surface area contributed by atoms with Crippen molar-refractivity contribution in [2.45, 2.75) is 46.3 Å². The third-order valence-corrected chi connectivity index (χ3v) is 7.57. The van der Waals surface area contributed by atoms with E-state index in [9.17, 15) is 13.4 Å². The minimum absolute atomic E-state index is 0.0739. The molecule has 4 rings (SSSR count). The summed E-state index contributed by atoms with van der Waals surface area (Å²) < 4.78 is 43.5. The number of anilines is 2. The van der Waals surface area contributed by atoms with Crippen LogP contribution in [0.2, 0.25) is 0 Å². The summed E-state index contributed by atoms with van der Waals surface area (Å²) in [6, 6.07) is 13.5. The normalized spacial score (nSPS) is 14.9. The van der Waals surface area contributed by atoms with Crippen LogP contribution in [0.25, 0.3) is 11.1 Å². The fraction of sp³-hybridized carbons (Fsp3) is 0.345. The maximum atomic E-state index is 14.0. The van der Waals surface area contributed by atoms with Gasteiger partial charge in [0.15, 0.2) is 0 Å². The molecule has 1 N–H and O–H groups in total. The van der Waals surface area contributed by atoms with Gasteiger partial charge in [0, 0.05) is 30.3 Å². The average molecular weight is 541 g/mol. The number of halogens is 1. The minimum Gasteiger partial charge on any atom is -0.496 e. The molecular weight excluding hydrogens is 507 g/mol. The van der Waals surface area contributed by atoms with E-state index in [1.807, 2.05) is 45.9 Å². The van der Waals surface area contributed by atoms with Gasteiger partial charge in [-0.3, -0.25) is 4.79 Å². The molecule has 38 heavy (non-hydrogen) atoms. The predicted molar refractivity (Wildman–Crippen MR) is 149 cm³/mol. The van der Waals surface area contributed by atoms with Crippen molar-refractivity contribution < 1.29 is 27.1 Å². The number of carbonyl (C=O) groups is 1. The first-order valence-corrected chi connectivity index (χ1v) is 13.7. The Kier molecular flexibility index (Phi) is 7.97. The lowest BCUT2D eigenvalue weighted by atomic mass is 9.91. The summed E-state index contributed by atoms with van der Waals surface area (Å²) in [5, 5.41) is 3.33. The number of hydrogen-bond acceptors (Lipinski definition) is 6. The summed E-state index contributed by atoms with van der Waals surface area (Å²) in [5.41, 5.74) is 3.70. The highest BCUT2D eigenvalue weighted by Crippen LogP contribution is 2.45. The van der Waals surface area contributed by atoms with Crippen molar-refractivity contribution in [3.63, 3.8) is 0 Å². The Morgan fingerprint density at radius 3 is 2.50 bits per heavy atom. The topological polar surface area (TPSA) is 77.1 Å². The van der Waals surface area contributed by atoms with Gasteiger partial charge in [-0.15, -0.1) is 0 Å². The van der Waals surface area contributed by atoms with Crippen molar-refractivity contribution in [2.75, 3.05) is 30.1 Å². The molecule has 0 aromatic heterocycles. The van der Waals surface area contributed by atoms with Crippen LogP contribution in [-0.2, 0) is 22.5 Å². The number of methoxy groups -OCH3 is 1. The number of fused-ring (bicyclic) bond motifs is 1. The van der Waals surface area contributed by atoms with Gasteiger partial charge in [0.05, 0.1) is 24.2 Å². The zero-order valence-corrected chi connectivity index (χ0v) is 23.3. The molecule has 202 valence electrons. The van der Waals surface area contributed by atoms with Gasteiger partial charge >= 0.3 is 0 Å². The molecular formula is C29H33FN2O5S. The smallest absolute Gasteiger partial charge is 0.251 e. The van der Waals surface area contributed by atoms with E-state index in [0.717, 1.165) is 34.4 Å². The van der Waals surface area contributed by atoms with E-state index < -0.39 is 22.4 Å². The van der Waals surface area contributed by atoms with Crippen LogP contribution in [0.5, 0.6) is 17.2 Å².